The van der Waals surface area contributed by atoms with E-state index >= 15 is 0 Å². The second kappa shape index (κ2) is 6.42. The van der Waals surface area contributed by atoms with Crippen molar-refractivity contribution in [2.24, 2.45) is 0 Å². The fourth-order valence-corrected chi connectivity index (χ4v) is 2.94. The number of benzene rings is 1. The molecule has 10 heteroatoms. The van der Waals surface area contributed by atoms with Gasteiger partial charge in [0.1, 0.15) is 5.75 Å². The molecule has 0 aromatic heterocycles. The van der Waals surface area contributed by atoms with Gasteiger partial charge in [0.2, 0.25) is 0 Å². The van der Waals surface area contributed by atoms with Crippen molar-refractivity contribution in [3.8, 4) is 5.75 Å². The molecule has 0 radical (unpaired) electrons. The molecule has 1 aliphatic rings. The lowest BCUT2D eigenvalue weighted by atomic mass is 9.76. The standard InChI is InChI=1S/C16H22BF3O5S/c1-10(2)11-8-7-9-12(13(11)23-26(21,22)16(18,19)20)17-24-14(3,4)15(5,6)25-17/h7-10H,1-6H3. The van der Waals surface area contributed by atoms with Crippen LogP contribution < -0.4 is 9.65 Å². The second-order valence-electron chi connectivity index (χ2n) is 7.49. The predicted octanol–water partition coefficient (Wildman–Crippen LogP) is 3.34. The van der Waals surface area contributed by atoms with Crippen LogP contribution in [0.25, 0.3) is 0 Å². The third-order valence-electron chi connectivity index (χ3n) is 4.68. The molecule has 0 saturated carbocycles. The Kier molecular flexibility index (Phi) is 5.20. The van der Waals surface area contributed by atoms with Crippen LogP contribution in [0.1, 0.15) is 53.0 Å². The number of hydrogen-bond donors (Lipinski definition) is 0. The summed E-state index contributed by atoms with van der Waals surface area (Å²) < 4.78 is 77.9. The van der Waals surface area contributed by atoms with Crippen molar-refractivity contribution in [3.05, 3.63) is 23.8 Å². The Morgan fingerprint density at radius 2 is 1.58 bits per heavy atom. The highest BCUT2D eigenvalue weighted by Gasteiger charge is 2.54. The zero-order chi connectivity index (χ0) is 20.1. The van der Waals surface area contributed by atoms with Crippen molar-refractivity contribution >= 4 is 22.7 Å². The van der Waals surface area contributed by atoms with E-state index < -0.39 is 39.7 Å². The van der Waals surface area contributed by atoms with Gasteiger partial charge in [-0.25, -0.2) is 0 Å². The maximum atomic E-state index is 12.8. The van der Waals surface area contributed by atoms with E-state index in [0.717, 1.165) is 0 Å². The molecular formula is C16H22BF3O5S. The molecule has 0 bridgehead atoms. The molecular weight excluding hydrogens is 372 g/mol. The van der Waals surface area contributed by atoms with E-state index in [9.17, 15) is 21.6 Å². The summed E-state index contributed by atoms with van der Waals surface area (Å²) in [5.74, 6) is -0.686. The lowest BCUT2D eigenvalue weighted by molar-refractivity contribution is -0.0500. The molecule has 1 aliphatic heterocycles. The van der Waals surface area contributed by atoms with Crippen molar-refractivity contribution in [2.45, 2.75) is 64.2 Å². The van der Waals surface area contributed by atoms with Gasteiger partial charge < -0.3 is 13.5 Å². The SMILES string of the molecule is CC(C)c1cccc(B2OC(C)(C)C(C)(C)O2)c1OS(=O)(=O)C(F)(F)F. The number of para-hydroxylation sites is 1. The van der Waals surface area contributed by atoms with Crippen LogP contribution in [0.5, 0.6) is 5.75 Å². The Hall–Kier alpha value is -1.26. The first-order chi connectivity index (χ1) is 11.6. The summed E-state index contributed by atoms with van der Waals surface area (Å²) in [4.78, 5) is 0. The molecule has 0 aliphatic carbocycles. The fourth-order valence-electron chi connectivity index (χ4n) is 2.44. The number of halogens is 3. The molecule has 2 rings (SSSR count). The van der Waals surface area contributed by atoms with E-state index in [0.29, 0.717) is 5.56 Å². The van der Waals surface area contributed by atoms with Gasteiger partial charge in [0, 0.05) is 5.46 Å². The molecule has 146 valence electrons. The number of hydrogen-bond acceptors (Lipinski definition) is 5. The summed E-state index contributed by atoms with van der Waals surface area (Å²) in [6, 6.07) is 4.55. The molecule has 1 fully saturated rings. The van der Waals surface area contributed by atoms with E-state index in [1.165, 1.54) is 12.1 Å². The molecule has 1 heterocycles. The van der Waals surface area contributed by atoms with Gasteiger partial charge in [-0.05, 0) is 39.2 Å². The number of alkyl halides is 3. The first kappa shape index (κ1) is 21.0. The van der Waals surface area contributed by atoms with Crippen molar-refractivity contribution < 1.29 is 35.1 Å². The Bertz CT molecular complexity index is 772. The second-order valence-corrected chi connectivity index (χ2v) is 9.03. The van der Waals surface area contributed by atoms with Crippen molar-refractivity contribution in [2.75, 3.05) is 0 Å². The van der Waals surface area contributed by atoms with E-state index in [-0.39, 0.29) is 11.4 Å². The highest BCUT2D eigenvalue weighted by atomic mass is 32.2. The maximum absolute atomic E-state index is 12.8. The maximum Gasteiger partial charge on any atom is 0.534 e. The normalized spacial score (nSPS) is 19.8. The summed E-state index contributed by atoms with van der Waals surface area (Å²) in [5.41, 5.74) is -6.62. The molecule has 1 saturated heterocycles. The number of rotatable bonds is 4. The van der Waals surface area contributed by atoms with Gasteiger partial charge in [-0.1, -0.05) is 32.0 Å². The van der Waals surface area contributed by atoms with Crippen molar-refractivity contribution in [3.63, 3.8) is 0 Å². The van der Waals surface area contributed by atoms with Crippen LogP contribution in [-0.4, -0.2) is 32.2 Å². The molecule has 0 atom stereocenters. The molecule has 0 unspecified atom stereocenters. The highest BCUT2D eigenvalue weighted by Crippen LogP contribution is 2.39. The van der Waals surface area contributed by atoms with Crippen LogP contribution in [0.3, 0.4) is 0 Å². The minimum Gasteiger partial charge on any atom is -0.399 e. The smallest absolute Gasteiger partial charge is 0.399 e. The van der Waals surface area contributed by atoms with E-state index in [1.54, 1.807) is 47.6 Å². The van der Waals surface area contributed by atoms with Gasteiger partial charge in [-0.3, -0.25) is 0 Å². The van der Waals surface area contributed by atoms with Gasteiger partial charge in [0.15, 0.2) is 0 Å². The van der Waals surface area contributed by atoms with Gasteiger partial charge >= 0.3 is 22.7 Å². The van der Waals surface area contributed by atoms with E-state index in [1.807, 2.05) is 0 Å². The van der Waals surface area contributed by atoms with Crippen LogP contribution >= 0.6 is 0 Å². The van der Waals surface area contributed by atoms with E-state index in [2.05, 4.69) is 4.18 Å². The van der Waals surface area contributed by atoms with Crippen LogP contribution in [-0.2, 0) is 19.4 Å². The first-order valence-electron chi connectivity index (χ1n) is 8.08. The van der Waals surface area contributed by atoms with Crippen molar-refractivity contribution in [1.29, 1.82) is 0 Å². The highest BCUT2D eigenvalue weighted by molar-refractivity contribution is 7.88. The zero-order valence-corrected chi connectivity index (χ0v) is 16.3. The lowest BCUT2D eigenvalue weighted by Gasteiger charge is -2.32. The van der Waals surface area contributed by atoms with Crippen LogP contribution in [0.4, 0.5) is 13.2 Å². The van der Waals surface area contributed by atoms with Gasteiger partial charge in [-0.15, -0.1) is 0 Å². The average Bonchev–Trinajstić information content (AvgIpc) is 2.65. The van der Waals surface area contributed by atoms with E-state index in [4.69, 9.17) is 9.31 Å². The third-order valence-corrected chi connectivity index (χ3v) is 5.63. The van der Waals surface area contributed by atoms with Crippen LogP contribution in [0.15, 0.2) is 18.2 Å². The molecule has 1 aromatic rings. The molecule has 1 aromatic carbocycles. The summed E-state index contributed by atoms with van der Waals surface area (Å²) in [6.45, 7) is 10.6. The molecule has 0 spiro atoms. The minimum atomic E-state index is -5.83. The summed E-state index contributed by atoms with van der Waals surface area (Å²) in [7, 11) is -6.89. The Morgan fingerprint density at radius 1 is 1.08 bits per heavy atom. The Morgan fingerprint density at radius 3 is 2.00 bits per heavy atom. The van der Waals surface area contributed by atoms with Gasteiger partial charge in [0.25, 0.3) is 0 Å². The molecule has 5 nitrogen and oxygen atoms in total. The monoisotopic (exact) mass is 394 g/mol. The first-order valence-corrected chi connectivity index (χ1v) is 9.49. The topological polar surface area (TPSA) is 61.8 Å². The predicted molar refractivity (Wildman–Crippen MR) is 91.8 cm³/mol. The van der Waals surface area contributed by atoms with Gasteiger partial charge in [-0.2, -0.15) is 21.6 Å². The van der Waals surface area contributed by atoms with Crippen LogP contribution in [0.2, 0.25) is 0 Å². The average molecular weight is 394 g/mol. The Balaban J connectivity index is 2.57. The summed E-state index contributed by atoms with van der Waals surface area (Å²) >= 11 is 0. The summed E-state index contributed by atoms with van der Waals surface area (Å²) in [6.07, 6.45) is 0. The zero-order valence-electron chi connectivity index (χ0n) is 15.5. The quantitative estimate of drug-likeness (QED) is 0.446. The molecule has 0 amide bonds. The fraction of sp³-hybridized carbons (Fsp3) is 0.625. The van der Waals surface area contributed by atoms with Crippen LogP contribution in [0, 0.1) is 0 Å². The molecule has 26 heavy (non-hydrogen) atoms. The lowest BCUT2D eigenvalue weighted by Crippen LogP contribution is -2.41. The third kappa shape index (κ3) is 3.72. The largest absolute Gasteiger partial charge is 0.534 e. The Labute approximate surface area is 152 Å². The summed E-state index contributed by atoms with van der Waals surface area (Å²) in [5, 5.41) is 0. The van der Waals surface area contributed by atoms with Crippen molar-refractivity contribution in [1.82, 2.24) is 0 Å². The molecule has 0 N–H and O–H groups in total. The minimum absolute atomic E-state index is 0.0997. The van der Waals surface area contributed by atoms with Gasteiger partial charge in [0.05, 0.1) is 11.2 Å².